The highest BCUT2D eigenvalue weighted by atomic mass is 79.9. The van der Waals surface area contributed by atoms with Gasteiger partial charge in [0.05, 0.1) is 6.61 Å². The van der Waals surface area contributed by atoms with E-state index in [0.717, 1.165) is 18.2 Å². The van der Waals surface area contributed by atoms with Crippen LogP contribution < -0.4 is 9.44 Å². The molecule has 2 N–H and O–H groups in total. The van der Waals surface area contributed by atoms with Gasteiger partial charge in [-0.05, 0) is 19.3 Å². The zero-order valence-corrected chi connectivity index (χ0v) is 12.4. The predicted molar refractivity (Wildman–Crippen MR) is 69.3 cm³/mol. The van der Waals surface area contributed by atoms with Crippen LogP contribution in [0.1, 0.15) is 26.7 Å². The Kier molecular flexibility index (Phi) is 8.53. The summed E-state index contributed by atoms with van der Waals surface area (Å²) in [6, 6.07) is 0. The van der Waals surface area contributed by atoms with E-state index >= 15 is 0 Å². The molecule has 0 aromatic rings. The van der Waals surface area contributed by atoms with Crippen LogP contribution in [0.5, 0.6) is 0 Å². The molecule has 1 amide bonds. The monoisotopic (exact) mass is 330 g/mol. The fraction of sp³-hybridized carbons (Fsp3) is 0.889. The number of alkyl halides is 1. The number of amides is 1. The molecule has 6 nitrogen and oxygen atoms in total. The number of nitrogens with one attached hydrogen (secondary N) is 2. The maximum absolute atomic E-state index is 11.4. The third kappa shape index (κ3) is 8.39. The van der Waals surface area contributed by atoms with Crippen LogP contribution in [0.2, 0.25) is 0 Å². The van der Waals surface area contributed by atoms with Crippen LogP contribution >= 0.6 is 15.9 Å². The van der Waals surface area contributed by atoms with Crippen molar-refractivity contribution in [2.45, 2.75) is 26.7 Å². The van der Waals surface area contributed by atoms with E-state index in [-0.39, 0.29) is 12.5 Å². The van der Waals surface area contributed by atoms with E-state index < -0.39 is 16.3 Å². The van der Waals surface area contributed by atoms with Crippen molar-refractivity contribution in [2.75, 3.05) is 18.5 Å². The number of ether oxygens (including phenoxy) is 1. The smallest absolute Gasteiger partial charge is 0.421 e. The molecule has 8 heteroatoms. The zero-order chi connectivity index (χ0) is 13.3. The van der Waals surface area contributed by atoms with Crippen molar-refractivity contribution < 1.29 is 17.9 Å². The second kappa shape index (κ2) is 8.71. The average molecular weight is 331 g/mol. The van der Waals surface area contributed by atoms with Crippen LogP contribution in [0.15, 0.2) is 0 Å². The Labute approximate surface area is 111 Å². The minimum atomic E-state index is -3.82. The van der Waals surface area contributed by atoms with Gasteiger partial charge in [0.15, 0.2) is 0 Å². The lowest BCUT2D eigenvalue weighted by molar-refractivity contribution is 0.158. The van der Waals surface area contributed by atoms with Crippen LogP contribution in [-0.4, -0.2) is 33.0 Å². The van der Waals surface area contributed by atoms with E-state index in [1.165, 1.54) is 0 Å². The fourth-order valence-corrected chi connectivity index (χ4v) is 2.59. The third-order valence-corrected chi connectivity index (χ3v) is 3.59. The summed E-state index contributed by atoms with van der Waals surface area (Å²) in [7, 11) is -3.82. The average Bonchev–Trinajstić information content (AvgIpc) is 2.23. The lowest BCUT2D eigenvalue weighted by Crippen LogP contribution is -2.42. The van der Waals surface area contributed by atoms with E-state index in [1.807, 2.05) is 6.92 Å². The SMILES string of the molecule is CCOC(=O)NS(=O)(=O)NCC(CC)CCBr. The van der Waals surface area contributed by atoms with Gasteiger partial charge in [0.1, 0.15) is 0 Å². The summed E-state index contributed by atoms with van der Waals surface area (Å²) in [6.07, 6.45) is 0.778. The number of carbonyl (C=O) groups excluding carboxylic acids is 1. The molecule has 0 aliphatic rings. The van der Waals surface area contributed by atoms with Gasteiger partial charge in [-0.25, -0.2) is 9.52 Å². The lowest BCUT2D eigenvalue weighted by Gasteiger charge is -2.14. The molecule has 0 saturated heterocycles. The molecule has 17 heavy (non-hydrogen) atoms. The van der Waals surface area contributed by atoms with Gasteiger partial charge in [-0.1, -0.05) is 29.3 Å². The summed E-state index contributed by atoms with van der Waals surface area (Å²) in [6.45, 7) is 4.02. The number of halogens is 1. The van der Waals surface area contributed by atoms with E-state index in [0.29, 0.717) is 6.54 Å². The molecular formula is C9H19BrN2O4S. The van der Waals surface area contributed by atoms with E-state index in [2.05, 4.69) is 25.4 Å². The largest absolute Gasteiger partial charge is 0.449 e. The highest BCUT2D eigenvalue weighted by Gasteiger charge is 2.16. The molecule has 0 aliphatic heterocycles. The molecule has 0 aromatic carbocycles. The van der Waals surface area contributed by atoms with Gasteiger partial charge < -0.3 is 4.74 Å². The van der Waals surface area contributed by atoms with Gasteiger partial charge in [-0.15, -0.1) is 0 Å². The van der Waals surface area contributed by atoms with Crippen LogP contribution in [0.25, 0.3) is 0 Å². The van der Waals surface area contributed by atoms with Crippen molar-refractivity contribution in [1.82, 2.24) is 9.44 Å². The molecule has 0 rings (SSSR count). The van der Waals surface area contributed by atoms with Gasteiger partial charge in [-0.3, -0.25) is 0 Å². The molecule has 1 unspecified atom stereocenters. The Balaban J connectivity index is 4.12. The third-order valence-electron chi connectivity index (χ3n) is 2.15. The number of hydrogen-bond acceptors (Lipinski definition) is 4. The summed E-state index contributed by atoms with van der Waals surface area (Å²) in [5.41, 5.74) is 0. The van der Waals surface area contributed by atoms with E-state index in [9.17, 15) is 13.2 Å². The number of carbonyl (C=O) groups is 1. The molecule has 0 spiro atoms. The van der Waals surface area contributed by atoms with Crippen molar-refractivity contribution in [2.24, 2.45) is 5.92 Å². The van der Waals surface area contributed by atoms with Crippen molar-refractivity contribution >= 4 is 32.2 Å². The molecule has 0 heterocycles. The van der Waals surface area contributed by atoms with Crippen molar-refractivity contribution in [3.63, 3.8) is 0 Å². The van der Waals surface area contributed by atoms with Crippen LogP contribution in [0.4, 0.5) is 4.79 Å². The molecule has 0 fully saturated rings. The maximum atomic E-state index is 11.4. The normalized spacial score (nSPS) is 13.1. The van der Waals surface area contributed by atoms with Crippen molar-refractivity contribution in [1.29, 1.82) is 0 Å². The summed E-state index contributed by atoms with van der Waals surface area (Å²) in [5, 5.41) is 0.818. The molecule has 0 aliphatic carbocycles. The van der Waals surface area contributed by atoms with Crippen molar-refractivity contribution in [3.8, 4) is 0 Å². The van der Waals surface area contributed by atoms with Gasteiger partial charge in [0.2, 0.25) is 0 Å². The van der Waals surface area contributed by atoms with Crippen molar-refractivity contribution in [3.05, 3.63) is 0 Å². The second-order valence-electron chi connectivity index (χ2n) is 3.43. The van der Waals surface area contributed by atoms with Gasteiger partial charge >= 0.3 is 16.3 Å². The quantitative estimate of drug-likeness (QED) is 0.658. The Morgan fingerprint density at radius 1 is 1.41 bits per heavy atom. The van der Waals surface area contributed by atoms with Crippen LogP contribution in [0.3, 0.4) is 0 Å². The first kappa shape index (κ1) is 16.7. The van der Waals surface area contributed by atoms with E-state index in [4.69, 9.17) is 0 Å². The summed E-state index contributed by atoms with van der Waals surface area (Å²) in [5.74, 6) is 0.244. The molecule has 0 aromatic heterocycles. The molecule has 0 saturated carbocycles. The minimum absolute atomic E-state index is 0.128. The molecule has 1 atom stereocenters. The topological polar surface area (TPSA) is 84.5 Å². The predicted octanol–water partition coefficient (Wildman–Crippen LogP) is 1.38. The first-order valence-electron chi connectivity index (χ1n) is 5.45. The Morgan fingerprint density at radius 3 is 2.53 bits per heavy atom. The van der Waals surface area contributed by atoms with Gasteiger partial charge in [-0.2, -0.15) is 13.1 Å². The minimum Gasteiger partial charge on any atom is -0.449 e. The number of rotatable bonds is 8. The summed E-state index contributed by atoms with van der Waals surface area (Å²) < 4.78 is 31.4. The number of hydrogen-bond donors (Lipinski definition) is 2. The second-order valence-corrected chi connectivity index (χ2v) is 5.72. The van der Waals surface area contributed by atoms with Crippen LogP contribution in [0, 0.1) is 5.92 Å². The lowest BCUT2D eigenvalue weighted by atomic mass is 10.0. The molecular weight excluding hydrogens is 312 g/mol. The Morgan fingerprint density at radius 2 is 2.06 bits per heavy atom. The molecule has 0 bridgehead atoms. The first-order chi connectivity index (χ1) is 7.95. The fourth-order valence-electron chi connectivity index (χ4n) is 1.14. The highest BCUT2D eigenvalue weighted by molar-refractivity contribution is 9.09. The molecule has 0 radical (unpaired) electrons. The Bertz CT molecular complexity index is 321. The Hall–Kier alpha value is -0.340. The highest BCUT2D eigenvalue weighted by Crippen LogP contribution is 2.08. The van der Waals surface area contributed by atoms with Gasteiger partial charge in [0, 0.05) is 11.9 Å². The van der Waals surface area contributed by atoms with E-state index in [1.54, 1.807) is 11.6 Å². The van der Waals surface area contributed by atoms with Gasteiger partial charge in [0.25, 0.3) is 0 Å². The standard InChI is InChI=1S/C9H19BrN2O4S/c1-3-8(5-6-10)7-11-17(14,15)12-9(13)16-4-2/h8,11H,3-7H2,1-2H3,(H,12,13). The maximum Gasteiger partial charge on any atom is 0.421 e. The summed E-state index contributed by atoms with van der Waals surface area (Å²) in [4.78, 5) is 10.9. The zero-order valence-electron chi connectivity index (χ0n) is 10.0. The molecule has 102 valence electrons. The first-order valence-corrected chi connectivity index (χ1v) is 8.05. The van der Waals surface area contributed by atoms with Crippen LogP contribution in [-0.2, 0) is 14.9 Å². The summed E-state index contributed by atoms with van der Waals surface area (Å²) >= 11 is 3.31.